The average Bonchev–Trinajstić information content (AvgIpc) is 3.00. The largest absolute Gasteiger partial charge is 0.346 e. The summed E-state index contributed by atoms with van der Waals surface area (Å²) in [7, 11) is 0. The average molecular weight is 336 g/mol. The summed E-state index contributed by atoms with van der Waals surface area (Å²) in [5.74, 6) is 0.477. The van der Waals surface area contributed by atoms with E-state index >= 15 is 0 Å². The highest BCUT2D eigenvalue weighted by Crippen LogP contribution is 2.32. The van der Waals surface area contributed by atoms with Crippen LogP contribution in [0.25, 0.3) is 10.1 Å². The van der Waals surface area contributed by atoms with E-state index in [1.807, 2.05) is 17.5 Å². The third-order valence-corrected chi connectivity index (χ3v) is 6.42. The lowest BCUT2D eigenvalue weighted by Crippen LogP contribution is -2.62. The molecule has 5 rings (SSSR count). The van der Waals surface area contributed by atoms with Gasteiger partial charge in [0.05, 0.1) is 4.70 Å². The van der Waals surface area contributed by atoms with Crippen molar-refractivity contribution in [2.75, 3.05) is 13.1 Å². The molecule has 0 unspecified atom stereocenters. The highest BCUT2D eigenvalue weighted by Gasteiger charge is 2.40. The van der Waals surface area contributed by atoms with Crippen molar-refractivity contribution in [3.63, 3.8) is 0 Å². The minimum absolute atomic E-state index is 0.111. The Balaban J connectivity index is 1.58. The number of nitrogens with one attached hydrogen (secondary N) is 1. The molecule has 2 atom stereocenters. The van der Waals surface area contributed by atoms with Crippen molar-refractivity contribution in [1.82, 2.24) is 15.2 Å². The van der Waals surface area contributed by atoms with E-state index in [9.17, 15) is 4.79 Å². The minimum Gasteiger partial charge on any atom is -0.346 e. The molecule has 3 aliphatic rings. The normalized spacial score (nSPS) is 30.6. The minimum atomic E-state index is -0.111. The molecule has 1 amide bonds. The number of rotatable bonds is 2. The first kappa shape index (κ1) is 14.4. The van der Waals surface area contributed by atoms with Crippen molar-refractivity contribution in [2.45, 2.75) is 31.8 Å². The number of nitrogens with zero attached hydrogens (tertiary/aromatic N) is 2. The second-order valence-electron chi connectivity index (χ2n) is 6.25. The number of piperidine rings is 3. The summed E-state index contributed by atoms with van der Waals surface area (Å²) < 4.78 is 0.939. The van der Waals surface area contributed by atoms with Gasteiger partial charge in [-0.25, -0.2) is 4.98 Å². The van der Waals surface area contributed by atoms with Gasteiger partial charge < -0.3 is 5.32 Å². The molecule has 116 valence electrons. The Bertz CT molecular complexity index is 721. The molecule has 3 aliphatic heterocycles. The Morgan fingerprint density at radius 2 is 2.23 bits per heavy atom. The number of thiophene rings is 1. The molecule has 2 bridgehead atoms. The molecular formula is C16H18ClN3OS. The molecule has 3 saturated heterocycles. The van der Waals surface area contributed by atoms with Gasteiger partial charge in [0.2, 0.25) is 0 Å². The van der Waals surface area contributed by atoms with Gasteiger partial charge in [-0.1, -0.05) is 11.6 Å². The van der Waals surface area contributed by atoms with E-state index in [1.165, 1.54) is 12.8 Å². The van der Waals surface area contributed by atoms with Crippen LogP contribution in [0.2, 0.25) is 5.15 Å². The zero-order valence-electron chi connectivity index (χ0n) is 12.4. The Labute approximate surface area is 138 Å². The van der Waals surface area contributed by atoms with E-state index in [-0.39, 0.29) is 11.9 Å². The number of fused-ring (bicyclic) bond motifs is 4. The predicted octanol–water partition coefficient (Wildman–Crippen LogP) is 3.16. The van der Waals surface area contributed by atoms with Crippen LogP contribution in [0, 0.1) is 5.92 Å². The Morgan fingerprint density at radius 1 is 1.45 bits per heavy atom. The zero-order chi connectivity index (χ0) is 15.3. The maximum atomic E-state index is 12.6. The maximum absolute atomic E-state index is 12.6. The fraction of sp³-hybridized carbons (Fsp3) is 0.500. The number of halogens is 1. The first-order valence-corrected chi connectivity index (χ1v) is 8.98. The van der Waals surface area contributed by atoms with Gasteiger partial charge in [0.15, 0.2) is 0 Å². The van der Waals surface area contributed by atoms with Crippen molar-refractivity contribution < 1.29 is 4.79 Å². The standard InChI is InChI=1S/C16H18ClN3OS/c1-9-13(10-2-5-20(9)6-3-10)19-16(21)12-8-11-4-7-22-14(11)15(17)18-12/h4,7-10,13H,2-3,5-6H2,1H3,(H,19,21)/t9-,13-/m0/s1. The SMILES string of the molecule is C[C@H]1[C@H](NC(=O)c2cc3ccsc3c(Cl)n2)C2CCN1CC2. The van der Waals surface area contributed by atoms with Gasteiger partial charge in [0, 0.05) is 12.1 Å². The Kier molecular flexibility index (Phi) is 3.59. The third kappa shape index (κ3) is 2.32. The molecule has 22 heavy (non-hydrogen) atoms. The fourth-order valence-electron chi connectivity index (χ4n) is 3.82. The second-order valence-corrected chi connectivity index (χ2v) is 7.52. The van der Waals surface area contributed by atoms with Crippen molar-refractivity contribution in [2.24, 2.45) is 5.92 Å². The molecule has 2 aromatic rings. The lowest BCUT2D eigenvalue weighted by molar-refractivity contribution is 0.0216. The van der Waals surface area contributed by atoms with Crippen LogP contribution < -0.4 is 5.32 Å². The van der Waals surface area contributed by atoms with E-state index < -0.39 is 0 Å². The van der Waals surface area contributed by atoms with Crippen LogP contribution in [0.15, 0.2) is 17.5 Å². The molecule has 0 aromatic carbocycles. The molecule has 0 aliphatic carbocycles. The van der Waals surface area contributed by atoms with Gasteiger partial charge in [-0.05, 0) is 61.7 Å². The van der Waals surface area contributed by atoms with Gasteiger partial charge in [0.1, 0.15) is 10.8 Å². The summed E-state index contributed by atoms with van der Waals surface area (Å²) in [6.45, 7) is 4.52. The second kappa shape index (κ2) is 5.48. The third-order valence-electron chi connectivity index (χ3n) is 5.10. The molecule has 0 saturated carbocycles. The van der Waals surface area contributed by atoms with Crippen molar-refractivity contribution in [3.8, 4) is 0 Å². The van der Waals surface area contributed by atoms with E-state index in [0.29, 0.717) is 22.8 Å². The number of pyridine rings is 1. The highest BCUT2D eigenvalue weighted by molar-refractivity contribution is 7.17. The number of carbonyl (C=O) groups is 1. The van der Waals surface area contributed by atoms with Crippen LogP contribution in [-0.2, 0) is 0 Å². The molecule has 5 heterocycles. The maximum Gasteiger partial charge on any atom is 0.270 e. The van der Waals surface area contributed by atoms with Crippen molar-refractivity contribution in [3.05, 3.63) is 28.4 Å². The van der Waals surface area contributed by atoms with Gasteiger partial charge in [0.25, 0.3) is 5.91 Å². The first-order valence-electron chi connectivity index (χ1n) is 7.72. The van der Waals surface area contributed by atoms with Crippen molar-refractivity contribution >= 4 is 38.9 Å². The predicted molar refractivity (Wildman–Crippen MR) is 89.6 cm³/mol. The monoisotopic (exact) mass is 335 g/mol. The molecule has 1 N–H and O–H groups in total. The lowest BCUT2D eigenvalue weighted by Gasteiger charge is -2.49. The van der Waals surface area contributed by atoms with Crippen LogP contribution >= 0.6 is 22.9 Å². The van der Waals surface area contributed by atoms with E-state index in [0.717, 1.165) is 23.2 Å². The molecule has 3 fully saturated rings. The molecule has 6 heteroatoms. The van der Waals surface area contributed by atoms with Crippen LogP contribution in [0.3, 0.4) is 0 Å². The quantitative estimate of drug-likeness (QED) is 0.857. The summed E-state index contributed by atoms with van der Waals surface area (Å²) in [5.41, 5.74) is 0.416. The number of hydrogen-bond acceptors (Lipinski definition) is 4. The van der Waals surface area contributed by atoms with E-state index in [1.54, 1.807) is 11.3 Å². The Hall–Kier alpha value is -1.17. The van der Waals surface area contributed by atoms with Gasteiger partial charge in [-0.15, -0.1) is 11.3 Å². The van der Waals surface area contributed by atoms with Gasteiger partial charge >= 0.3 is 0 Å². The summed E-state index contributed by atoms with van der Waals surface area (Å²) in [5, 5.41) is 6.57. The van der Waals surface area contributed by atoms with Crippen LogP contribution in [-0.4, -0.2) is 41.0 Å². The van der Waals surface area contributed by atoms with Crippen LogP contribution in [0.5, 0.6) is 0 Å². The molecule has 0 spiro atoms. The number of carbonyl (C=O) groups excluding carboxylic acids is 1. The van der Waals surface area contributed by atoms with Gasteiger partial charge in [-0.3, -0.25) is 9.69 Å². The first-order chi connectivity index (χ1) is 10.6. The summed E-state index contributed by atoms with van der Waals surface area (Å²) in [6, 6.07) is 4.42. The summed E-state index contributed by atoms with van der Waals surface area (Å²) in [4.78, 5) is 19.3. The lowest BCUT2D eigenvalue weighted by atomic mass is 9.79. The van der Waals surface area contributed by atoms with Crippen LogP contribution in [0.4, 0.5) is 0 Å². The molecule has 2 aromatic heterocycles. The molecular weight excluding hydrogens is 318 g/mol. The summed E-state index contributed by atoms with van der Waals surface area (Å²) >= 11 is 7.74. The highest BCUT2D eigenvalue weighted by atomic mass is 35.5. The fourth-order valence-corrected chi connectivity index (χ4v) is 4.91. The van der Waals surface area contributed by atoms with E-state index in [2.05, 4.69) is 22.1 Å². The zero-order valence-corrected chi connectivity index (χ0v) is 14.0. The van der Waals surface area contributed by atoms with Crippen molar-refractivity contribution in [1.29, 1.82) is 0 Å². The number of amides is 1. The van der Waals surface area contributed by atoms with E-state index in [4.69, 9.17) is 11.6 Å². The van der Waals surface area contributed by atoms with Crippen LogP contribution in [0.1, 0.15) is 30.3 Å². The summed E-state index contributed by atoms with van der Waals surface area (Å²) in [6.07, 6.45) is 2.35. The van der Waals surface area contributed by atoms with Gasteiger partial charge in [-0.2, -0.15) is 0 Å². The number of aromatic nitrogens is 1. The topological polar surface area (TPSA) is 45.2 Å². The smallest absolute Gasteiger partial charge is 0.270 e. The molecule has 4 nitrogen and oxygen atoms in total. The Morgan fingerprint density at radius 3 is 2.95 bits per heavy atom. The number of hydrogen-bond donors (Lipinski definition) is 1. The molecule has 0 radical (unpaired) electrons.